The number of pyridine rings is 1. The van der Waals surface area contributed by atoms with Crippen molar-refractivity contribution >= 4 is 6.03 Å². The molecule has 0 radical (unpaired) electrons. The van der Waals surface area contributed by atoms with Crippen LogP contribution in [0.4, 0.5) is 4.79 Å². The van der Waals surface area contributed by atoms with Gasteiger partial charge in [0.05, 0.1) is 7.11 Å². The minimum absolute atomic E-state index is 0.187. The molecule has 1 aromatic heterocycles. The molecule has 0 fully saturated rings. The van der Waals surface area contributed by atoms with Gasteiger partial charge in [0, 0.05) is 24.3 Å². The lowest BCUT2D eigenvalue weighted by Gasteiger charge is -2.20. The summed E-state index contributed by atoms with van der Waals surface area (Å²) < 4.78 is 5.00. The number of carbonyl (C=O) groups is 1. The highest BCUT2D eigenvalue weighted by molar-refractivity contribution is 5.74. The number of amides is 2. The van der Waals surface area contributed by atoms with Crippen LogP contribution in [-0.2, 0) is 6.54 Å². The molecular formula is C12H19N3O2. The van der Waals surface area contributed by atoms with Crippen molar-refractivity contribution in [3.63, 3.8) is 0 Å². The van der Waals surface area contributed by atoms with Crippen molar-refractivity contribution in [1.82, 2.24) is 15.6 Å². The Bertz CT molecular complexity index is 386. The molecule has 5 heteroatoms. The summed E-state index contributed by atoms with van der Waals surface area (Å²) in [5, 5.41) is 5.59. The molecule has 0 aromatic carbocycles. The van der Waals surface area contributed by atoms with E-state index in [1.54, 1.807) is 19.4 Å². The van der Waals surface area contributed by atoms with Crippen molar-refractivity contribution < 1.29 is 9.53 Å². The van der Waals surface area contributed by atoms with Crippen LogP contribution < -0.4 is 15.4 Å². The molecule has 0 aliphatic carbocycles. The summed E-state index contributed by atoms with van der Waals surface area (Å²) in [5.74, 6) is 0.542. The van der Waals surface area contributed by atoms with Gasteiger partial charge in [0.2, 0.25) is 5.88 Å². The average molecular weight is 237 g/mol. The number of urea groups is 1. The molecule has 17 heavy (non-hydrogen) atoms. The fraction of sp³-hybridized carbons (Fsp3) is 0.500. The summed E-state index contributed by atoms with van der Waals surface area (Å²) in [7, 11) is 1.56. The number of aromatic nitrogens is 1. The van der Waals surface area contributed by atoms with Gasteiger partial charge >= 0.3 is 6.03 Å². The molecule has 0 aliphatic heterocycles. The molecule has 0 spiro atoms. The maximum absolute atomic E-state index is 11.5. The van der Waals surface area contributed by atoms with Gasteiger partial charge in [-0.2, -0.15) is 0 Å². The van der Waals surface area contributed by atoms with Crippen LogP contribution >= 0.6 is 0 Å². The summed E-state index contributed by atoms with van der Waals surface area (Å²) in [4.78, 5) is 15.5. The van der Waals surface area contributed by atoms with Crippen LogP contribution in [0.5, 0.6) is 5.88 Å². The molecule has 1 aromatic rings. The van der Waals surface area contributed by atoms with Crippen LogP contribution in [0.1, 0.15) is 26.3 Å². The molecule has 2 amide bonds. The summed E-state index contributed by atoms with van der Waals surface area (Å²) >= 11 is 0. The van der Waals surface area contributed by atoms with Gasteiger partial charge in [-0.05, 0) is 32.4 Å². The first-order chi connectivity index (χ1) is 7.90. The molecular weight excluding hydrogens is 218 g/mol. The lowest BCUT2D eigenvalue weighted by molar-refractivity contribution is 0.231. The standard InChI is InChI=1S/C12H19N3O2/c1-12(2,3)15-11(16)14-8-9-5-6-13-10(7-9)17-4/h5-7H,8H2,1-4H3,(H2,14,15,16). The lowest BCUT2D eigenvalue weighted by Crippen LogP contribution is -2.46. The molecule has 94 valence electrons. The summed E-state index contributed by atoms with van der Waals surface area (Å²) in [5.41, 5.74) is 0.709. The van der Waals surface area contributed by atoms with Crippen LogP contribution in [0.25, 0.3) is 0 Å². The Labute approximate surface area is 102 Å². The van der Waals surface area contributed by atoms with Gasteiger partial charge in [-0.25, -0.2) is 9.78 Å². The monoisotopic (exact) mass is 237 g/mol. The predicted molar refractivity (Wildman–Crippen MR) is 65.9 cm³/mol. The van der Waals surface area contributed by atoms with E-state index in [-0.39, 0.29) is 11.6 Å². The van der Waals surface area contributed by atoms with E-state index in [9.17, 15) is 4.79 Å². The first-order valence-electron chi connectivity index (χ1n) is 5.45. The molecule has 0 saturated carbocycles. The lowest BCUT2D eigenvalue weighted by atomic mass is 10.1. The second-order valence-corrected chi connectivity index (χ2v) is 4.76. The molecule has 0 unspecified atom stereocenters. The molecule has 5 nitrogen and oxygen atoms in total. The van der Waals surface area contributed by atoms with Crippen LogP contribution in [0, 0.1) is 0 Å². The van der Waals surface area contributed by atoms with E-state index < -0.39 is 0 Å². The number of hydrogen-bond acceptors (Lipinski definition) is 3. The van der Waals surface area contributed by atoms with Crippen molar-refractivity contribution in [1.29, 1.82) is 0 Å². The van der Waals surface area contributed by atoms with E-state index in [0.717, 1.165) is 5.56 Å². The normalized spacial score (nSPS) is 10.8. The van der Waals surface area contributed by atoms with Gasteiger partial charge in [-0.1, -0.05) is 0 Å². The van der Waals surface area contributed by atoms with Crippen molar-refractivity contribution in [2.75, 3.05) is 7.11 Å². The number of carbonyl (C=O) groups excluding carboxylic acids is 1. The first-order valence-corrected chi connectivity index (χ1v) is 5.45. The van der Waals surface area contributed by atoms with Crippen molar-refractivity contribution in [3.05, 3.63) is 23.9 Å². The minimum Gasteiger partial charge on any atom is -0.481 e. The van der Waals surface area contributed by atoms with Crippen LogP contribution in [0.2, 0.25) is 0 Å². The quantitative estimate of drug-likeness (QED) is 0.840. The zero-order valence-electron chi connectivity index (χ0n) is 10.7. The van der Waals surface area contributed by atoms with E-state index in [1.807, 2.05) is 26.8 Å². The molecule has 2 N–H and O–H groups in total. The van der Waals surface area contributed by atoms with Gasteiger partial charge in [0.25, 0.3) is 0 Å². The van der Waals surface area contributed by atoms with Gasteiger partial charge in [0.15, 0.2) is 0 Å². The Kier molecular flexibility index (Phi) is 4.31. The van der Waals surface area contributed by atoms with E-state index in [1.165, 1.54) is 0 Å². The number of nitrogens with zero attached hydrogens (tertiary/aromatic N) is 1. The summed E-state index contributed by atoms with van der Waals surface area (Å²) in [6, 6.07) is 3.44. The number of ether oxygens (including phenoxy) is 1. The van der Waals surface area contributed by atoms with Crippen molar-refractivity contribution in [2.45, 2.75) is 32.9 Å². The zero-order valence-corrected chi connectivity index (χ0v) is 10.7. The predicted octanol–water partition coefficient (Wildman–Crippen LogP) is 1.69. The molecule has 1 heterocycles. The van der Waals surface area contributed by atoms with Crippen molar-refractivity contribution in [3.8, 4) is 5.88 Å². The summed E-state index contributed by atoms with van der Waals surface area (Å²) in [6.45, 7) is 6.24. The van der Waals surface area contributed by atoms with E-state index in [0.29, 0.717) is 12.4 Å². The van der Waals surface area contributed by atoms with E-state index in [2.05, 4.69) is 15.6 Å². The largest absolute Gasteiger partial charge is 0.481 e. The third-order valence-corrected chi connectivity index (χ3v) is 1.95. The highest BCUT2D eigenvalue weighted by atomic mass is 16.5. The smallest absolute Gasteiger partial charge is 0.315 e. The Hall–Kier alpha value is -1.78. The zero-order chi connectivity index (χ0) is 12.9. The highest BCUT2D eigenvalue weighted by Gasteiger charge is 2.12. The van der Waals surface area contributed by atoms with Crippen LogP contribution in [-0.4, -0.2) is 23.7 Å². The fourth-order valence-corrected chi connectivity index (χ4v) is 1.24. The summed E-state index contributed by atoms with van der Waals surface area (Å²) in [6.07, 6.45) is 1.65. The molecule has 1 rings (SSSR count). The molecule has 0 saturated heterocycles. The minimum atomic E-state index is -0.236. The maximum Gasteiger partial charge on any atom is 0.315 e. The molecule has 0 atom stereocenters. The first kappa shape index (κ1) is 13.3. The van der Waals surface area contributed by atoms with Crippen LogP contribution in [0.3, 0.4) is 0 Å². The van der Waals surface area contributed by atoms with Crippen molar-refractivity contribution in [2.24, 2.45) is 0 Å². The topological polar surface area (TPSA) is 63.2 Å². The molecule has 0 aliphatic rings. The van der Waals surface area contributed by atoms with E-state index >= 15 is 0 Å². The molecule has 0 bridgehead atoms. The third kappa shape index (κ3) is 5.19. The van der Waals surface area contributed by atoms with Gasteiger partial charge in [-0.15, -0.1) is 0 Å². The number of methoxy groups -OCH3 is 1. The Balaban J connectivity index is 2.47. The van der Waals surface area contributed by atoms with Gasteiger partial charge in [0.1, 0.15) is 0 Å². The number of nitrogens with one attached hydrogen (secondary N) is 2. The number of rotatable bonds is 3. The highest BCUT2D eigenvalue weighted by Crippen LogP contribution is 2.08. The average Bonchev–Trinajstić information content (AvgIpc) is 2.24. The Morgan fingerprint density at radius 2 is 2.18 bits per heavy atom. The second-order valence-electron chi connectivity index (χ2n) is 4.76. The number of hydrogen-bond donors (Lipinski definition) is 2. The van der Waals surface area contributed by atoms with Crippen LogP contribution in [0.15, 0.2) is 18.3 Å². The third-order valence-electron chi connectivity index (χ3n) is 1.95. The van der Waals surface area contributed by atoms with Gasteiger partial charge < -0.3 is 15.4 Å². The Morgan fingerprint density at radius 3 is 2.76 bits per heavy atom. The maximum atomic E-state index is 11.5. The Morgan fingerprint density at radius 1 is 1.47 bits per heavy atom. The SMILES string of the molecule is COc1cc(CNC(=O)NC(C)(C)C)ccn1. The second kappa shape index (κ2) is 5.52. The van der Waals surface area contributed by atoms with Gasteiger partial charge in [-0.3, -0.25) is 0 Å². The van der Waals surface area contributed by atoms with E-state index in [4.69, 9.17) is 4.74 Å². The fourth-order valence-electron chi connectivity index (χ4n) is 1.24.